The number of nitrogens with zero attached hydrogens (tertiary/aromatic N) is 1. The summed E-state index contributed by atoms with van der Waals surface area (Å²) in [6.07, 6.45) is 0. The molecule has 5 nitrogen and oxygen atoms in total. The largest absolute Gasteiger partial charge is 0.293 e. The summed E-state index contributed by atoms with van der Waals surface area (Å²) in [5.41, 5.74) is 0. The van der Waals surface area contributed by atoms with Crippen LogP contribution in [0.1, 0.15) is 0 Å². The molecule has 0 spiro atoms. The van der Waals surface area contributed by atoms with Crippen LogP contribution in [0.25, 0.3) is 0 Å². The molecule has 2 unspecified atom stereocenters. The molecule has 2 aliphatic rings. The van der Waals surface area contributed by atoms with Gasteiger partial charge in [-0.15, -0.1) is 0 Å². The average Bonchev–Trinajstić information content (AvgIpc) is 2.30. The van der Waals surface area contributed by atoms with E-state index in [0.717, 1.165) is 0 Å². The Labute approximate surface area is 50.8 Å². The van der Waals surface area contributed by atoms with Crippen LogP contribution in [0.5, 0.6) is 0 Å². The smallest absolute Gasteiger partial charge is 0.247 e. The molecule has 0 aromatic rings. The van der Waals surface area contributed by atoms with Gasteiger partial charge in [-0.1, -0.05) is 0 Å². The van der Waals surface area contributed by atoms with Gasteiger partial charge >= 0.3 is 0 Å². The molecular weight excluding hydrogens is 122 g/mol. The maximum absolute atomic E-state index is 10.6. The molecule has 0 aromatic heterocycles. The second kappa shape index (κ2) is 1.14. The van der Waals surface area contributed by atoms with E-state index in [0.29, 0.717) is 0 Å². The Morgan fingerprint density at radius 1 is 1.33 bits per heavy atom. The first-order valence-corrected chi connectivity index (χ1v) is 2.59. The predicted octanol–water partition coefficient (Wildman–Crippen LogP) is -2.43. The van der Waals surface area contributed by atoms with Crippen molar-refractivity contribution in [2.45, 2.75) is 12.1 Å². The first-order chi connectivity index (χ1) is 4.22. The molecule has 2 saturated heterocycles. The van der Waals surface area contributed by atoms with Gasteiger partial charge in [-0.05, 0) is 0 Å². The number of nitrogens with two attached hydrogens (primary N) is 1. The Morgan fingerprint density at radius 2 is 1.78 bits per heavy atom. The number of nitrogens with one attached hydrogen (secondary N) is 1. The summed E-state index contributed by atoms with van der Waals surface area (Å²) in [6.45, 7) is 0. The SMILES string of the molecule is NN1C2C(=O)NC(=O)C21. The maximum atomic E-state index is 10.6. The highest BCUT2D eigenvalue weighted by atomic mass is 16.2. The summed E-state index contributed by atoms with van der Waals surface area (Å²) in [7, 11) is 0. The molecule has 0 saturated carbocycles. The van der Waals surface area contributed by atoms with Crippen LogP contribution < -0.4 is 11.2 Å². The summed E-state index contributed by atoms with van der Waals surface area (Å²) in [5, 5.41) is 3.40. The van der Waals surface area contributed by atoms with Gasteiger partial charge in [0, 0.05) is 0 Å². The van der Waals surface area contributed by atoms with Crippen molar-refractivity contribution in [1.82, 2.24) is 10.3 Å². The minimum Gasteiger partial charge on any atom is -0.293 e. The number of carbonyl (C=O) groups is 2. The van der Waals surface area contributed by atoms with Crippen molar-refractivity contribution in [1.29, 1.82) is 0 Å². The number of rotatable bonds is 0. The third-order valence-electron chi connectivity index (χ3n) is 1.64. The number of hydrogen-bond donors (Lipinski definition) is 2. The van der Waals surface area contributed by atoms with Crippen LogP contribution in [-0.2, 0) is 9.59 Å². The second-order valence-corrected chi connectivity index (χ2v) is 2.19. The quantitative estimate of drug-likeness (QED) is 0.215. The highest BCUT2D eigenvalue weighted by molar-refractivity contribution is 6.13. The van der Waals surface area contributed by atoms with Gasteiger partial charge in [-0.25, -0.2) is 5.01 Å². The third kappa shape index (κ3) is 0.408. The van der Waals surface area contributed by atoms with Gasteiger partial charge in [-0.2, -0.15) is 0 Å². The fourth-order valence-electron chi connectivity index (χ4n) is 1.07. The Bertz CT molecular complexity index is 182. The van der Waals surface area contributed by atoms with E-state index in [1.54, 1.807) is 0 Å². The van der Waals surface area contributed by atoms with Crippen molar-refractivity contribution in [2.24, 2.45) is 5.84 Å². The zero-order valence-electron chi connectivity index (χ0n) is 4.50. The van der Waals surface area contributed by atoms with Crippen molar-refractivity contribution < 1.29 is 9.59 Å². The van der Waals surface area contributed by atoms with E-state index < -0.39 is 0 Å². The van der Waals surface area contributed by atoms with Crippen LogP contribution >= 0.6 is 0 Å². The molecule has 2 rings (SSSR count). The van der Waals surface area contributed by atoms with Gasteiger partial charge in [0.2, 0.25) is 11.8 Å². The Kier molecular flexibility index (Phi) is 0.622. The number of hydrazine groups is 1. The molecule has 2 heterocycles. The summed E-state index contributed by atoms with van der Waals surface area (Å²) in [6, 6.07) is -0.727. The molecule has 3 N–H and O–H groups in total. The highest BCUT2D eigenvalue weighted by Gasteiger charge is 2.61. The van der Waals surface area contributed by atoms with Crippen LogP contribution in [0.15, 0.2) is 0 Å². The Balaban J connectivity index is 2.28. The molecule has 2 atom stereocenters. The van der Waals surface area contributed by atoms with Gasteiger partial charge in [0.15, 0.2) is 0 Å². The molecule has 0 radical (unpaired) electrons. The van der Waals surface area contributed by atoms with E-state index in [4.69, 9.17) is 5.84 Å². The van der Waals surface area contributed by atoms with Crippen LogP contribution in [0.4, 0.5) is 0 Å². The van der Waals surface area contributed by atoms with E-state index in [1.165, 1.54) is 5.01 Å². The predicted molar refractivity (Wildman–Crippen MR) is 26.8 cm³/mol. The number of hydrogen-bond acceptors (Lipinski definition) is 4. The molecule has 5 heteroatoms. The van der Waals surface area contributed by atoms with Crippen molar-refractivity contribution >= 4 is 11.8 Å². The molecule has 2 aliphatic heterocycles. The van der Waals surface area contributed by atoms with Gasteiger partial charge in [0.1, 0.15) is 12.1 Å². The maximum Gasteiger partial charge on any atom is 0.247 e. The van der Waals surface area contributed by atoms with Gasteiger partial charge in [-0.3, -0.25) is 20.7 Å². The van der Waals surface area contributed by atoms with Crippen molar-refractivity contribution in [2.75, 3.05) is 0 Å². The fourth-order valence-corrected chi connectivity index (χ4v) is 1.07. The topological polar surface area (TPSA) is 75.2 Å². The number of piperazine rings is 1. The van der Waals surface area contributed by atoms with Crippen LogP contribution in [0.2, 0.25) is 0 Å². The number of fused-ring (bicyclic) bond motifs is 1. The average molecular weight is 127 g/mol. The van der Waals surface area contributed by atoms with E-state index in [-0.39, 0.29) is 23.9 Å². The zero-order valence-corrected chi connectivity index (χ0v) is 4.50. The lowest BCUT2D eigenvalue weighted by Crippen LogP contribution is -2.35. The molecule has 9 heavy (non-hydrogen) atoms. The normalized spacial score (nSPS) is 46.6. The first kappa shape index (κ1) is 4.89. The molecule has 0 bridgehead atoms. The van der Waals surface area contributed by atoms with Crippen molar-refractivity contribution in [3.63, 3.8) is 0 Å². The summed E-state index contributed by atoms with van der Waals surface area (Å²) in [4.78, 5) is 21.2. The van der Waals surface area contributed by atoms with Crippen LogP contribution in [0.3, 0.4) is 0 Å². The Hall–Kier alpha value is -0.940. The standard InChI is InChI=1S/C4H5N3O2/c5-7-1-2(7)4(9)6-3(1)8/h1-2H,5H2,(H,6,8,9). The van der Waals surface area contributed by atoms with E-state index in [1.807, 2.05) is 0 Å². The first-order valence-electron chi connectivity index (χ1n) is 2.59. The Morgan fingerprint density at radius 3 is 2.00 bits per heavy atom. The summed E-state index contributed by atoms with van der Waals surface area (Å²) >= 11 is 0. The lowest BCUT2D eigenvalue weighted by atomic mass is 10.4. The monoisotopic (exact) mass is 127 g/mol. The number of imide groups is 1. The lowest BCUT2D eigenvalue weighted by Gasteiger charge is -1.97. The highest BCUT2D eigenvalue weighted by Crippen LogP contribution is 2.27. The second-order valence-electron chi connectivity index (χ2n) is 2.19. The van der Waals surface area contributed by atoms with Gasteiger partial charge in [0.25, 0.3) is 0 Å². The molecule has 2 amide bonds. The zero-order chi connectivity index (χ0) is 6.59. The molecule has 48 valence electrons. The summed E-state index contributed by atoms with van der Waals surface area (Å²) < 4.78 is 0. The molecular formula is C4H5N3O2. The van der Waals surface area contributed by atoms with Crippen molar-refractivity contribution in [3.8, 4) is 0 Å². The molecule has 0 aromatic carbocycles. The lowest BCUT2D eigenvalue weighted by molar-refractivity contribution is -0.128. The van der Waals surface area contributed by atoms with E-state index in [9.17, 15) is 9.59 Å². The van der Waals surface area contributed by atoms with Crippen molar-refractivity contribution in [3.05, 3.63) is 0 Å². The fraction of sp³-hybridized carbons (Fsp3) is 0.500. The van der Waals surface area contributed by atoms with Gasteiger partial charge < -0.3 is 0 Å². The molecule has 2 fully saturated rings. The van der Waals surface area contributed by atoms with Crippen LogP contribution in [0, 0.1) is 0 Å². The minimum absolute atomic E-state index is 0.271. The third-order valence-corrected chi connectivity index (χ3v) is 1.64. The summed E-state index contributed by atoms with van der Waals surface area (Å²) in [5.74, 6) is 4.66. The van der Waals surface area contributed by atoms with Gasteiger partial charge in [0.05, 0.1) is 0 Å². The minimum atomic E-state index is -0.363. The van der Waals surface area contributed by atoms with Crippen LogP contribution in [-0.4, -0.2) is 28.9 Å². The molecule has 0 aliphatic carbocycles. The number of amides is 2. The van der Waals surface area contributed by atoms with E-state index in [2.05, 4.69) is 5.32 Å². The van der Waals surface area contributed by atoms with E-state index >= 15 is 0 Å². The number of carbonyl (C=O) groups excluding carboxylic acids is 2.